The van der Waals surface area contributed by atoms with Crippen LogP contribution in [-0.2, 0) is 16.9 Å². The van der Waals surface area contributed by atoms with Gasteiger partial charge in [0.05, 0.1) is 11.2 Å². The van der Waals surface area contributed by atoms with Crippen LogP contribution in [0.1, 0.15) is 32.5 Å². The van der Waals surface area contributed by atoms with Crippen LogP contribution >= 0.6 is 0 Å². The molecule has 7 heteroatoms. The predicted molar refractivity (Wildman–Crippen MR) is 76.6 cm³/mol. The molecule has 0 fully saturated rings. The molecule has 112 valence electrons. The lowest BCUT2D eigenvalue weighted by atomic mass is 10.1. The van der Waals surface area contributed by atoms with E-state index in [4.69, 9.17) is 15.0 Å². The van der Waals surface area contributed by atoms with E-state index in [0.717, 1.165) is 0 Å². The van der Waals surface area contributed by atoms with E-state index in [-0.39, 0.29) is 12.5 Å². The lowest BCUT2D eigenvalue weighted by Gasteiger charge is -2.11. The van der Waals surface area contributed by atoms with Crippen molar-refractivity contribution in [1.29, 1.82) is 0 Å². The highest BCUT2D eigenvalue weighted by atomic mass is 16.5. The summed E-state index contributed by atoms with van der Waals surface area (Å²) in [5.74, 6) is 1.09. The van der Waals surface area contributed by atoms with Gasteiger partial charge in [-0.05, 0) is 26.0 Å². The number of amides is 1. The maximum Gasteiger partial charge on any atom is 0.264 e. The first-order valence-electron chi connectivity index (χ1n) is 6.47. The van der Waals surface area contributed by atoms with Crippen LogP contribution in [0.15, 0.2) is 28.8 Å². The molecule has 0 saturated carbocycles. The van der Waals surface area contributed by atoms with Crippen molar-refractivity contribution in [2.75, 3.05) is 5.32 Å². The van der Waals surface area contributed by atoms with E-state index in [1.807, 2.05) is 6.07 Å². The van der Waals surface area contributed by atoms with Gasteiger partial charge in [0.25, 0.3) is 5.89 Å². The lowest BCUT2D eigenvalue weighted by Crippen LogP contribution is -2.30. The second kappa shape index (κ2) is 5.92. The van der Waals surface area contributed by atoms with Gasteiger partial charge in [0, 0.05) is 6.92 Å². The predicted octanol–water partition coefficient (Wildman–Crippen LogP) is 1.80. The molecule has 2 rings (SSSR count). The van der Waals surface area contributed by atoms with Crippen molar-refractivity contribution in [2.45, 2.75) is 32.9 Å². The monoisotopic (exact) mass is 290 g/mol. The van der Waals surface area contributed by atoms with E-state index in [1.165, 1.54) is 6.92 Å². The Morgan fingerprint density at radius 1 is 1.43 bits per heavy atom. The van der Waals surface area contributed by atoms with Gasteiger partial charge in [-0.3, -0.25) is 4.79 Å². The Morgan fingerprint density at radius 3 is 2.76 bits per heavy atom. The Balaban J connectivity index is 2.06. The van der Waals surface area contributed by atoms with Gasteiger partial charge in [0.2, 0.25) is 5.91 Å². The van der Waals surface area contributed by atoms with E-state index in [2.05, 4.69) is 15.5 Å². The summed E-state index contributed by atoms with van der Waals surface area (Å²) in [4.78, 5) is 15.3. The molecule has 0 aliphatic heterocycles. The number of carbonyl (C=O) groups is 1. The molecular formula is C14H18N4O3. The van der Waals surface area contributed by atoms with E-state index in [0.29, 0.717) is 23.2 Å². The Labute approximate surface area is 122 Å². The molecule has 0 aliphatic carbocycles. The first-order valence-corrected chi connectivity index (χ1v) is 6.47. The maximum atomic E-state index is 11.1. The number of nitrogens with two attached hydrogens (primary N) is 1. The minimum absolute atomic E-state index is 0.0969. The number of nitrogens with one attached hydrogen (secondary N) is 1. The molecule has 0 saturated heterocycles. The zero-order valence-corrected chi connectivity index (χ0v) is 12.2. The molecule has 1 aromatic carbocycles. The third-order valence-electron chi connectivity index (χ3n) is 2.59. The Hall–Kier alpha value is -2.41. The summed E-state index contributed by atoms with van der Waals surface area (Å²) >= 11 is 0. The van der Waals surface area contributed by atoms with Gasteiger partial charge in [-0.25, -0.2) is 0 Å². The minimum atomic E-state index is -0.671. The number of anilines is 1. The molecule has 7 nitrogen and oxygen atoms in total. The molecule has 1 heterocycles. The molecule has 0 atom stereocenters. The summed E-state index contributed by atoms with van der Waals surface area (Å²) < 4.78 is 10.7. The van der Waals surface area contributed by atoms with Crippen molar-refractivity contribution in [3.8, 4) is 5.75 Å². The summed E-state index contributed by atoms with van der Waals surface area (Å²) in [5, 5.41) is 6.50. The zero-order chi connectivity index (χ0) is 15.5. The van der Waals surface area contributed by atoms with Crippen LogP contribution < -0.4 is 15.8 Å². The van der Waals surface area contributed by atoms with E-state index >= 15 is 0 Å². The van der Waals surface area contributed by atoms with Gasteiger partial charge in [-0.2, -0.15) is 4.98 Å². The van der Waals surface area contributed by atoms with Gasteiger partial charge >= 0.3 is 0 Å². The van der Waals surface area contributed by atoms with Crippen molar-refractivity contribution >= 4 is 11.6 Å². The van der Waals surface area contributed by atoms with Crippen LogP contribution in [0.4, 0.5) is 5.69 Å². The number of hydrogen-bond acceptors (Lipinski definition) is 6. The van der Waals surface area contributed by atoms with Crippen molar-refractivity contribution in [2.24, 2.45) is 5.73 Å². The average molecular weight is 290 g/mol. The van der Waals surface area contributed by atoms with E-state index < -0.39 is 5.54 Å². The number of benzene rings is 1. The minimum Gasteiger partial charge on any atom is -0.482 e. The third-order valence-corrected chi connectivity index (χ3v) is 2.59. The molecule has 0 bridgehead atoms. The maximum absolute atomic E-state index is 11.1. The number of ether oxygens (including phenoxy) is 1. The van der Waals surface area contributed by atoms with Crippen molar-refractivity contribution in [3.05, 3.63) is 36.0 Å². The average Bonchev–Trinajstić information content (AvgIpc) is 2.86. The molecule has 2 aromatic rings. The lowest BCUT2D eigenvalue weighted by molar-refractivity contribution is -0.114. The first-order chi connectivity index (χ1) is 9.86. The van der Waals surface area contributed by atoms with Crippen LogP contribution in [0.2, 0.25) is 0 Å². The van der Waals surface area contributed by atoms with Gasteiger partial charge in [-0.1, -0.05) is 17.3 Å². The van der Waals surface area contributed by atoms with Gasteiger partial charge in [-0.15, -0.1) is 0 Å². The fourth-order valence-electron chi connectivity index (χ4n) is 1.60. The molecule has 21 heavy (non-hydrogen) atoms. The fourth-order valence-corrected chi connectivity index (χ4v) is 1.60. The van der Waals surface area contributed by atoms with Crippen LogP contribution in [0, 0.1) is 0 Å². The van der Waals surface area contributed by atoms with Crippen LogP contribution in [0.5, 0.6) is 5.75 Å². The molecule has 0 spiro atoms. The van der Waals surface area contributed by atoms with Gasteiger partial charge in [0.15, 0.2) is 12.4 Å². The smallest absolute Gasteiger partial charge is 0.264 e. The third kappa shape index (κ3) is 4.03. The van der Waals surface area contributed by atoms with Crippen molar-refractivity contribution < 1.29 is 14.1 Å². The number of hydrogen-bond donors (Lipinski definition) is 2. The van der Waals surface area contributed by atoms with E-state index in [1.54, 1.807) is 32.0 Å². The summed E-state index contributed by atoms with van der Waals surface area (Å²) in [6.07, 6.45) is 0. The highest BCUT2D eigenvalue weighted by molar-refractivity contribution is 5.90. The number of rotatable bonds is 5. The molecule has 1 amide bonds. The van der Waals surface area contributed by atoms with Gasteiger partial charge < -0.3 is 20.3 Å². The number of aromatic nitrogens is 2. The number of nitrogens with zero attached hydrogens (tertiary/aromatic N) is 2. The quantitative estimate of drug-likeness (QED) is 0.870. The van der Waals surface area contributed by atoms with E-state index in [9.17, 15) is 4.79 Å². The molecule has 0 unspecified atom stereocenters. The number of para-hydroxylation sites is 2. The second-order valence-corrected chi connectivity index (χ2v) is 5.20. The molecule has 1 aromatic heterocycles. The fraction of sp³-hybridized carbons (Fsp3) is 0.357. The Morgan fingerprint density at radius 2 is 2.14 bits per heavy atom. The molecule has 0 aliphatic rings. The van der Waals surface area contributed by atoms with Crippen molar-refractivity contribution in [1.82, 2.24) is 10.1 Å². The largest absolute Gasteiger partial charge is 0.482 e. The normalized spacial score (nSPS) is 11.2. The summed E-state index contributed by atoms with van der Waals surface area (Å²) in [6, 6.07) is 7.11. The summed E-state index contributed by atoms with van der Waals surface area (Å²) in [7, 11) is 0. The standard InChI is InChI=1S/C14H18N4O3/c1-9(19)16-10-6-4-5-7-11(10)20-8-12-17-13(18-21-12)14(2,3)15/h4-7H,8,15H2,1-3H3,(H,16,19). The molecule has 0 radical (unpaired) electrons. The van der Waals surface area contributed by atoms with Gasteiger partial charge in [0.1, 0.15) is 5.75 Å². The summed E-state index contributed by atoms with van der Waals surface area (Å²) in [5.41, 5.74) is 5.80. The van der Waals surface area contributed by atoms with Crippen LogP contribution in [0.25, 0.3) is 0 Å². The molecule has 3 N–H and O–H groups in total. The molecular weight excluding hydrogens is 272 g/mol. The van der Waals surface area contributed by atoms with Crippen LogP contribution in [-0.4, -0.2) is 16.0 Å². The van der Waals surface area contributed by atoms with Crippen LogP contribution in [0.3, 0.4) is 0 Å². The topological polar surface area (TPSA) is 103 Å². The highest BCUT2D eigenvalue weighted by Crippen LogP contribution is 2.24. The number of carbonyl (C=O) groups excluding carboxylic acids is 1. The van der Waals surface area contributed by atoms with Crippen molar-refractivity contribution in [3.63, 3.8) is 0 Å². The first kappa shape index (κ1) is 15.0. The SMILES string of the molecule is CC(=O)Nc1ccccc1OCc1nc(C(C)(C)N)no1. The summed E-state index contributed by atoms with van der Waals surface area (Å²) in [6.45, 7) is 5.10. The Bertz CT molecular complexity index is 631. The zero-order valence-electron chi connectivity index (χ0n) is 12.2. The Kier molecular flexibility index (Phi) is 4.23. The highest BCUT2D eigenvalue weighted by Gasteiger charge is 2.21. The second-order valence-electron chi connectivity index (χ2n) is 5.20.